The van der Waals surface area contributed by atoms with E-state index >= 15 is 0 Å². The van der Waals surface area contributed by atoms with Gasteiger partial charge in [0.05, 0.1) is 12.2 Å². The Bertz CT molecular complexity index is 847. The summed E-state index contributed by atoms with van der Waals surface area (Å²) >= 11 is 0. The number of hydrogen-bond donors (Lipinski definition) is 2. The average molecular weight is 466 g/mol. The summed E-state index contributed by atoms with van der Waals surface area (Å²) in [6, 6.07) is 0. The SMILES string of the molecule is C=C1C([OH2+])CC2C3C(CC4OC(=O)C(OC(=O)C(C)(O)CC)C1C42)C(C)=CC(O)C3OCC. The average Bonchev–Trinajstić information content (AvgIpc) is 2.76. The molecule has 33 heavy (non-hydrogen) atoms. The van der Waals surface area contributed by atoms with E-state index < -0.39 is 47.9 Å². The van der Waals surface area contributed by atoms with Crippen molar-refractivity contribution < 1.29 is 39.1 Å². The molecule has 4 N–H and O–H groups in total. The molecule has 0 spiro atoms. The van der Waals surface area contributed by atoms with Crippen molar-refractivity contribution in [3.63, 3.8) is 0 Å². The van der Waals surface area contributed by atoms with E-state index in [9.17, 15) is 19.8 Å². The molecule has 11 atom stereocenters. The van der Waals surface area contributed by atoms with E-state index in [1.54, 1.807) is 6.92 Å². The Morgan fingerprint density at radius 2 is 2.03 bits per heavy atom. The number of fused-ring (bicyclic) bond motifs is 2. The van der Waals surface area contributed by atoms with Crippen molar-refractivity contribution in [3.8, 4) is 0 Å². The van der Waals surface area contributed by atoms with E-state index in [2.05, 4.69) is 6.58 Å². The first-order chi connectivity index (χ1) is 15.5. The summed E-state index contributed by atoms with van der Waals surface area (Å²) in [5, 5.41) is 29.9. The summed E-state index contributed by atoms with van der Waals surface area (Å²) in [5.41, 5.74) is -0.116. The highest BCUT2D eigenvalue weighted by molar-refractivity contribution is 5.84. The van der Waals surface area contributed by atoms with Crippen LogP contribution in [0.1, 0.15) is 47.0 Å². The first-order valence-electron chi connectivity index (χ1n) is 12.0. The van der Waals surface area contributed by atoms with Gasteiger partial charge in [0.25, 0.3) is 0 Å². The molecular formula is C25H37O8+. The van der Waals surface area contributed by atoms with Crippen LogP contribution in [0.5, 0.6) is 0 Å². The molecule has 1 saturated heterocycles. The third kappa shape index (κ3) is 3.95. The van der Waals surface area contributed by atoms with E-state index in [1.807, 2.05) is 19.9 Å². The summed E-state index contributed by atoms with van der Waals surface area (Å²) < 4.78 is 17.4. The predicted octanol–water partition coefficient (Wildman–Crippen LogP) is 1.25. The van der Waals surface area contributed by atoms with E-state index in [4.69, 9.17) is 19.3 Å². The summed E-state index contributed by atoms with van der Waals surface area (Å²) in [4.78, 5) is 25.7. The maximum Gasteiger partial charge on any atom is 0.348 e. The molecule has 0 aromatic rings. The van der Waals surface area contributed by atoms with Gasteiger partial charge in [0, 0.05) is 30.4 Å². The van der Waals surface area contributed by atoms with Gasteiger partial charge in [-0.1, -0.05) is 25.2 Å². The zero-order valence-electron chi connectivity index (χ0n) is 19.8. The second-order valence-corrected chi connectivity index (χ2v) is 10.3. The standard InChI is InChI=1S/C25H36O8/c1-6-25(5,30)24(29)33-22-18-12(4)15(26)9-14-19-13(10-17(20(14)18)32-23(22)28)11(3)8-16(27)21(19)31-7-2/h8,13-22,26-27,30H,4,6-7,9-10H2,1-3,5H3/p+1. The molecule has 3 aliphatic carbocycles. The Hall–Kier alpha value is -1.74. The van der Waals surface area contributed by atoms with Crippen molar-refractivity contribution in [3.05, 3.63) is 23.8 Å². The second kappa shape index (κ2) is 8.80. The minimum absolute atomic E-state index is 0.0402. The largest absolute Gasteiger partial charge is 0.459 e. The number of hydrogen-bond acceptors (Lipinski definition) is 7. The summed E-state index contributed by atoms with van der Waals surface area (Å²) in [5.74, 6) is -2.32. The van der Waals surface area contributed by atoms with Crippen LogP contribution < -0.4 is 0 Å². The minimum atomic E-state index is -1.72. The third-order valence-corrected chi connectivity index (χ3v) is 8.45. The quantitative estimate of drug-likeness (QED) is 0.356. The van der Waals surface area contributed by atoms with Crippen molar-refractivity contribution in [2.45, 2.75) is 83.1 Å². The molecule has 2 saturated carbocycles. The maximum atomic E-state index is 13.0. The number of aliphatic hydroxyl groups excluding tert-OH is 1. The molecule has 11 unspecified atom stereocenters. The van der Waals surface area contributed by atoms with Crippen LogP contribution in [0.15, 0.2) is 23.8 Å². The summed E-state index contributed by atoms with van der Waals surface area (Å²) in [7, 11) is 0. The number of carbonyl (C=O) groups excluding carboxylic acids is 2. The van der Waals surface area contributed by atoms with Gasteiger partial charge < -0.3 is 29.5 Å². The number of esters is 2. The lowest BCUT2D eigenvalue weighted by Gasteiger charge is -2.58. The Morgan fingerprint density at radius 3 is 2.67 bits per heavy atom. The van der Waals surface area contributed by atoms with Gasteiger partial charge in [0.15, 0.2) is 11.7 Å². The van der Waals surface area contributed by atoms with Gasteiger partial charge in [0.1, 0.15) is 6.10 Å². The van der Waals surface area contributed by atoms with Crippen LogP contribution in [-0.2, 0) is 23.8 Å². The van der Waals surface area contributed by atoms with Gasteiger partial charge in [-0.25, -0.2) is 9.59 Å². The Morgan fingerprint density at radius 1 is 1.33 bits per heavy atom. The Kier molecular flexibility index (Phi) is 6.50. The number of carbonyl (C=O) groups is 2. The first kappa shape index (κ1) is 24.4. The van der Waals surface area contributed by atoms with Crippen molar-refractivity contribution in [1.29, 1.82) is 0 Å². The molecule has 0 amide bonds. The fourth-order valence-electron chi connectivity index (χ4n) is 6.58. The fraction of sp³-hybridized carbons (Fsp3) is 0.760. The molecule has 1 aliphatic heterocycles. The monoisotopic (exact) mass is 465 g/mol. The highest BCUT2D eigenvalue weighted by atomic mass is 16.6. The van der Waals surface area contributed by atoms with E-state index in [1.165, 1.54) is 6.92 Å². The van der Waals surface area contributed by atoms with Crippen molar-refractivity contribution in [1.82, 2.24) is 0 Å². The molecule has 8 heteroatoms. The summed E-state index contributed by atoms with van der Waals surface area (Å²) in [6.07, 6.45) is -0.335. The van der Waals surface area contributed by atoms with Crippen LogP contribution in [-0.4, -0.2) is 70.0 Å². The van der Waals surface area contributed by atoms with Crippen LogP contribution >= 0.6 is 0 Å². The lowest BCUT2D eigenvalue weighted by atomic mass is 9.50. The molecule has 0 aromatic heterocycles. The minimum Gasteiger partial charge on any atom is -0.459 e. The first-order valence-corrected chi connectivity index (χ1v) is 12.0. The van der Waals surface area contributed by atoms with Crippen molar-refractivity contribution in [2.75, 3.05) is 6.61 Å². The van der Waals surface area contributed by atoms with E-state index in [0.717, 1.165) is 5.57 Å². The third-order valence-electron chi connectivity index (χ3n) is 8.45. The second-order valence-electron chi connectivity index (χ2n) is 10.3. The van der Waals surface area contributed by atoms with Gasteiger partial charge in [-0.3, -0.25) is 0 Å². The van der Waals surface area contributed by atoms with Gasteiger partial charge >= 0.3 is 11.9 Å². The fourth-order valence-corrected chi connectivity index (χ4v) is 6.58. The van der Waals surface area contributed by atoms with Crippen LogP contribution in [0.4, 0.5) is 0 Å². The molecular weight excluding hydrogens is 428 g/mol. The highest BCUT2D eigenvalue weighted by Gasteiger charge is 2.63. The van der Waals surface area contributed by atoms with Crippen LogP contribution in [0, 0.1) is 29.6 Å². The van der Waals surface area contributed by atoms with Crippen LogP contribution in [0.3, 0.4) is 0 Å². The molecule has 4 rings (SSSR count). The molecule has 184 valence electrons. The molecule has 0 aromatic carbocycles. The smallest absolute Gasteiger partial charge is 0.348 e. The van der Waals surface area contributed by atoms with Crippen LogP contribution in [0.25, 0.3) is 0 Å². The highest BCUT2D eigenvalue weighted by Crippen LogP contribution is 2.58. The predicted molar refractivity (Wildman–Crippen MR) is 119 cm³/mol. The van der Waals surface area contributed by atoms with Gasteiger partial charge in [-0.05, 0) is 51.4 Å². The maximum absolute atomic E-state index is 13.0. The lowest BCUT2D eigenvalue weighted by Crippen LogP contribution is -2.64. The Labute approximate surface area is 194 Å². The van der Waals surface area contributed by atoms with Crippen molar-refractivity contribution in [2.24, 2.45) is 29.6 Å². The molecule has 3 fully saturated rings. The number of ether oxygens (including phenoxy) is 3. The van der Waals surface area contributed by atoms with Gasteiger partial charge in [-0.2, -0.15) is 0 Å². The van der Waals surface area contributed by atoms with E-state index in [-0.39, 0.29) is 36.2 Å². The zero-order valence-corrected chi connectivity index (χ0v) is 19.8. The summed E-state index contributed by atoms with van der Waals surface area (Å²) in [6.45, 7) is 11.5. The molecule has 8 nitrogen and oxygen atoms in total. The van der Waals surface area contributed by atoms with Crippen molar-refractivity contribution >= 4 is 11.9 Å². The van der Waals surface area contributed by atoms with Gasteiger partial charge in [-0.15, -0.1) is 0 Å². The molecule has 1 heterocycles. The molecule has 0 bridgehead atoms. The lowest BCUT2D eigenvalue weighted by molar-refractivity contribution is -0.221. The number of aliphatic hydroxyl groups is 2. The number of allylic oxidation sites excluding steroid dienone is 1. The Balaban J connectivity index is 1.73. The normalized spacial score (nSPS) is 44.0. The topological polar surface area (TPSA) is 125 Å². The van der Waals surface area contributed by atoms with Gasteiger partial charge in [0.2, 0.25) is 6.10 Å². The zero-order chi connectivity index (χ0) is 24.2. The van der Waals surface area contributed by atoms with Crippen LogP contribution in [0.2, 0.25) is 0 Å². The molecule has 0 radical (unpaired) electrons. The van der Waals surface area contributed by atoms with E-state index in [0.29, 0.717) is 25.0 Å². The number of rotatable bonds is 5. The molecule has 4 aliphatic rings.